The average Bonchev–Trinajstić information content (AvgIpc) is 2.72. The molecule has 0 saturated carbocycles. The van der Waals surface area contributed by atoms with Crippen LogP contribution in [-0.2, 0) is 9.47 Å². The highest BCUT2D eigenvalue weighted by molar-refractivity contribution is 5.89. The van der Waals surface area contributed by atoms with Crippen LogP contribution < -0.4 is 0 Å². The lowest BCUT2D eigenvalue weighted by molar-refractivity contribution is -0.00253. The number of carbonyl (C=O) groups is 2. The Morgan fingerprint density at radius 1 is 0.846 bits per heavy atom. The van der Waals surface area contributed by atoms with Crippen LogP contribution in [0.2, 0.25) is 0 Å². The van der Waals surface area contributed by atoms with Gasteiger partial charge in [0.25, 0.3) is 0 Å². The number of ether oxygens (including phenoxy) is 2. The molecule has 0 amide bonds. The Morgan fingerprint density at radius 2 is 1.54 bits per heavy atom. The molecule has 0 spiro atoms. The van der Waals surface area contributed by atoms with Crippen LogP contribution >= 0.6 is 0 Å². The van der Waals surface area contributed by atoms with Crippen LogP contribution in [-0.4, -0.2) is 33.5 Å². The number of aromatic nitrogens is 3. The largest absolute Gasteiger partial charge is 0.458 e. The third-order valence-corrected chi connectivity index (χ3v) is 3.43. The molecular formula is C19H15N3O4. The molecule has 7 heteroatoms. The maximum absolute atomic E-state index is 12.3. The van der Waals surface area contributed by atoms with Gasteiger partial charge in [0.15, 0.2) is 6.10 Å². The molecule has 0 saturated heterocycles. The Morgan fingerprint density at radius 3 is 2.12 bits per heavy atom. The van der Waals surface area contributed by atoms with Gasteiger partial charge in [0, 0.05) is 31.0 Å². The van der Waals surface area contributed by atoms with E-state index in [2.05, 4.69) is 15.0 Å². The second kappa shape index (κ2) is 8.48. The molecule has 0 aliphatic rings. The molecule has 0 aromatic carbocycles. The molecule has 130 valence electrons. The molecule has 0 bridgehead atoms. The molecular weight excluding hydrogens is 334 g/mol. The van der Waals surface area contributed by atoms with Gasteiger partial charge in [0.1, 0.15) is 6.61 Å². The summed E-state index contributed by atoms with van der Waals surface area (Å²) >= 11 is 0. The van der Waals surface area contributed by atoms with Gasteiger partial charge in [-0.1, -0.05) is 6.07 Å². The molecule has 26 heavy (non-hydrogen) atoms. The van der Waals surface area contributed by atoms with Gasteiger partial charge in [-0.25, -0.2) is 9.59 Å². The van der Waals surface area contributed by atoms with Crippen molar-refractivity contribution in [2.24, 2.45) is 0 Å². The summed E-state index contributed by atoms with van der Waals surface area (Å²) < 4.78 is 10.7. The Bertz CT molecular complexity index is 858. The zero-order valence-electron chi connectivity index (χ0n) is 13.7. The summed E-state index contributed by atoms with van der Waals surface area (Å²) in [5, 5.41) is 0. The van der Waals surface area contributed by atoms with Crippen molar-refractivity contribution in [2.45, 2.75) is 6.10 Å². The van der Waals surface area contributed by atoms with E-state index in [1.165, 1.54) is 12.4 Å². The molecule has 0 radical (unpaired) electrons. The van der Waals surface area contributed by atoms with Crippen molar-refractivity contribution in [3.05, 3.63) is 90.3 Å². The molecule has 3 rings (SSSR count). The fraction of sp³-hybridized carbons (Fsp3) is 0.105. The first-order valence-corrected chi connectivity index (χ1v) is 7.83. The first-order chi connectivity index (χ1) is 12.7. The van der Waals surface area contributed by atoms with Crippen LogP contribution in [0.25, 0.3) is 0 Å². The second-order valence-electron chi connectivity index (χ2n) is 5.23. The normalized spacial score (nSPS) is 11.4. The van der Waals surface area contributed by atoms with E-state index in [4.69, 9.17) is 9.47 Å². The highest BCUT2D eigenvalue weighted by Gasteiger charge is 2.21. The fourth-order valence-corrected chi connectivity index (χ4v) is 2.15. The summed E-state index contributed by atoms with van der Waals surface area (Å²) in [5.41, 5.74) is 1.08. The van der Waals surface area contributed by atoms with Crippen molar-refractivity contribution < 1.29 is 19.1 Å². The van der Waals surface area contributed by atoms with Crippen LogP contribution in [0.15, 0.2) is 73.4 Å². The second-order valence-corrected chi connectivity index (χ2v) is 5.23. The Labute approximate surface area is 149 Å². The lowest BCUT2D eigenvalue weighted by Crippen LogP contribution is -2.20. The maximum atomic E-state index is 12.3. The van der Waals surface area contributed by atoms with Crippen molar-refractivity contribution in [3.8, 4) is 0 Å². The van der Waals surface area contributed by atoms with Crippen molar-refractivity contribution in [1.82, 2.24) is 15.0 Å². The van der Waals surface area contributed by atoms with Crippen LogP contribution in [0.3, 0.4) is 0 Å². The molecule has 0 fully saturated rings. The molecule has 0 unspecified atom stereocenters. The highest BCUT2D eigenvalue weighted by atomic mass is 16.6. The van der Waals surface area contributed by atoms with Crippen LogP contribution in [0.4, 0.5) is 0 Å². The Hall–Kier alpha value is -3.61. The number of pyridine rings is 3. The van der Waals surface area contributed by atoms with Crippen molar-refractivity contribution in [2.75, 3.05) is 6.61 Å². The zero-order chi connectivity index (χ0) is 18.2. The minimum atomic E-state index is -0.843. The number of hydrogen-bond donors (Lipinski definition) is 0. The van der Waals surface area contributed by atoms with E-state index in [9.17, 15) is 9.59 Å². The molecule has 1 atom stereocenters. The third-order valence-electron chi connectivity index (χ3n) is 3.43. The lowest BCUT2D eigenvalue weighted by atomic mass is 10.2. The summed E-state index contributed by atoms with van der Waals surface area (Å²) in [7, 11) is 0. The monoisotopic (exact) mass is 349 g/mol. The van der Waals surface area contributed by atoms with Crippen molar-refractivity contribution >= 4 is 11.9 Å². The van der Waals surface area contributed by atoms with E-state index in [1.807, 2.05) is 0 Å². The van der Waals surface area contributed by atoms with E-state index < -0.39 is 18.0 Å². The van der Waals surface area contributed by atoms with E-state index >= 15 is 0 Å². The maximum Gasteiger partial charge on any atom is 0.340 e. The summed E-state index contributed by atoms with van der Waals surface area (Å²) in [5.74, 6) is -1.14. The number of hydrogen-bond acceptors (Lipinski definition) is 7. The van der Waals surface area contributed by atoms with Gasteiger partial charge >= 0.3 is 11.9 Å². The predicted molar refractivity (Wildman–Crippen MR) is 91.2 cm³/mol. The Kier molecular flexibility index (Phi) is 5.61. The number of esters is 2. The number of carbonyl (C=O) groups excluding carboxylic acids is 2. The van der Waals surface area contributed by atoms with Crippen LogP contribution in [0, 0.1) is 0 Å². The summed E-state index contributed by atoms with van der Waals surface area (Å²) in [6, 6.07) is 11.6. The fourth-order valence-electron chi connectivity index (χ4n) is 2.15. The van der Waals surface area contributed by atoms with E-state index in [0.29, 0.717) is 16.8 Å². The van der Waals surface area contributed by atoms with Gasteiger partial charge in [-0.05, 0) is 36.4 Å². The molecule has 7 nitrogen and oxygen atoms in total. The molecule has 3 aromatic rings. The average molecular weight is 349 g/mol. The number of nitrogens with zero attached hydrogens (tertiary/aromatic N) is 3. The molecule has 3 aromatic heterocycles. The lowest BCUT2D eigenvalue weighted by Gasteiger charge is -2.17. The quantitative estimate of drug-likeness (QED) is 0.632. The molecule has 0 aliphatic heterocycles. The van der Waals surface area contributed by atoms with Crippen molar-refractivity contribution in [3.63, 3.8) is 0 Å². The van der Waals surface area contributed by atoms with E-state index in [1.54, 1.807) is 61.1 Å². The topological polar surface area (TPSA) is 91.3 Å². The summed E-state index contributed by atoms with van der Waals surface area (Å²) in [6.45, 7) is -0.170. The number of rotatable bonds is 6. The van der Waals surface area contributed by atoms with E-state index in [0.717, 1.165) is 0 Å². The minimum absolute atomic E-state index is 0.170. The van der Waals surface area contributed by atoms with E-state index in [-0.39, 0.29) is 6.61 Å². The first-order valence-electron chi connectivity index (χ1n) is 7.83. The zero-order valence-corrected chi connectivity index (χ0v) is 13.7. The standard InChI is InChI=1S/C19H15N3O4/c23-18(14-5-3-8-20-11-14)25-13-17(16-7-1-2-10-22-16)26-19(24)15-6-4-9-21-12-15/h1-12,17H,13H2/t17-/m1/s1. The van der Waals surface area contributed by atoms with Crippen LogP contribution in [0.5, 0.6) is 0 Å². The summed E-state index contributed by atoms with van der Waals surface area (Å²) in [4.78, 5) is 36.4. The van der Waals surface area contributed by atoms with Gasteiger partial charge in [0.05, 0.1) is 16.8 Å². The van der Waals surface area contributed by atoms with Crippen molar-refractivity contribution in [1.29, 1.82) is 0 Å². The van der Waals surface area contributed by atoms with Gasteiger partial charge in [-0.15, -0.1) is 0 Å². The third kappa shape index (κ3) is 4.47. The molecule has 0 N–H and O–H groups in total. The Balaban J connectivity index is 1.72. The molecule has 3 heterocycles. The highest BCUT2D eigenvalue weighted by Crippen LogP contribution is 2.18. The predicted octanol–water partition coefficient (Wildman–Crippen LogP) is 2.63. The van der Waals surface area contributed by atoms with Gasteiger partial charge in [0.2, 0.25) is 0 Å². The van der Waals surface area contributed by atoms with Crippen LogP contribution in [0.1, 0.15) is 32.5 Å². The smallest absolute Gasteiger partial charge is 0.340 e. The first kappa shape index (κ1) is 17.2. The summed E-state index contributed by atoms with van der Waals surface area (Å²) in [6.07, 6.45) is 6.65. The SMILES string of the molecule is O=C(OC[C@@H](OC(=O)c1cccnc1)c1ccccn1)c1cccnc1. The van der Waals surface area contributed by atoms with Gasteiger partial charge < -0.3 is 9.47 Å². The van der Waals surface area contributed by atoms with Gasteiger partial charge in [-0.2, -0.15) is 0 Å². The van der Waals surface area contributed by atoms with Gasteiger partial charge in [-0.3, -0.25) is 15.0 Å². The minimum Gasteiger partial charge on any atom is -0.458 e. The molecule has 0 aliphatic carbocycles.